The van der Waals surface area contributed by atoms with Crippen LogP contribution in [-0.4, -0.2) is 30.5 Å². The predicted octanol–water partition coefficient (Wildman–Crippen LogP) is 5.73. The third-order valence-electron chi connectivity index (χ3n) is 7.16. The van der Waals surface area contributed by atoms with Crippen molar-refractivity contribution in [1.29, 1.82) is 0 Å². The fourth-order valence-electron chi connectivity index (χ4n) is 5.24. The Kier molecular flexibility index (Phi) is 12.3. The molecule has 3 nitrogen and oxygen atoms in total. The lowest BCUT2D eigenvalue weighted by atomic mass is 9.89. The third-order valence-corrected chi connectivity index (χ3v) is 7.16. The van der Waals surface area contributed by atoms with Gasteiger partial charge in [0.15, 0.2) is 23.3 Å². The Morgan fingerprint density at radius 3 is 1.92 bits per heavy atom. The van der Waals surface area contributed by atoms with Gasteiger partial charge in [0.1, 0.15) is 0 Å². The third kappa shape index (κ3) is 8.13. The lowest BCUT2D eigenvalue weighted by Crippen LogP contribution is -3.00. The fraction of sp³-hybridized carbons (Fsp3) is 0.567. The highest BCUT2D eigenvalue weighted by molar-refractivity contribution is 6.00. The quantitative estimate of drug-likeness (QED) is 0.240. The summed E-state index contributed by atoms with van der Waals surface area (Å²) >= 11 is 0. The highest BCUT2D eigenvalue weighted by Crippen LogP contribution is 2.37. The molecular formula is C30H41ClF3NO2. The fourth-order valence-corrected chi connectivity index (χ4v) is 5.24. The van der Waals surface area contributed by atoms with Crippen LogP contribution in [0.2, 0.25) is 0 Å². The summed E-state index contributed by atoms with van der Waals surface area (Å²) in [5, 5.41) is 0. The first-order chi connectivity index (χ1) is 17.3. The number of halogens is 4. The number of fused-ring (bicyclic) bond motifs is 1. The lowest BCUT2D eigenvalue weighted by Gasteiger charge is -2.25. The average Bonchev–Trinajstić information content (AvgIpc) is 2.86. The molecule has 1 unspecified atom stereocenters. The van der Waals surface area contributed by atoms with Crippen LogP contribution < -0.4 is 21.9 Å². The number of hydrogen-bond donors (Lipinski definition) is 0. The van der Waals surface area contributed by atoms with E-state index in [1.165, 1.54) is 62.6 Å². The number of ether oxygens (including phenoxy) is 2. The molecule has 1 aliphatic rings. The Morgan fingerprint density at radius 1 is 0.838 bits per heavy atom. The number of benzene rings is 2. The standard InChI is InChI=1S/C30H41F3NO2.ClH/c1-5-6-7-8-9-10-11-12-13-14-27-26-21-29(36-4)28(35-3)20-23(26)19-22(2)34(27)25-17-15-24(16-18-25)30(31,32)33;/h15-18,20-22H,5-14,19H2,1-4H3;1H/q+1;/p-1. The van der Waals surface area contributed by atoms with Crippen molar-refractivity contribution in [2.75, 3.05) is 14.2 Å². The van der Waals surface area contributed by atoms with Crippen molar-refractivity contribution in [3.05, 3.63) is 53.1 Å². The van der Waals surface area contributed by atoms with Crippen LogP contribution in [0.4, 0.5) is 18.9 Å². The van der Waals surface area contributed by atoms with Gasteiger partial charge in [-0.25, -0.2) is 0 Å². The van der Waals surface area contributed by atoms with E-state index in [1.54, 1.807) is 26.4 Å². The van der Waals surface area contributed by atoms with Crippen LogP contribution in [0, 0.1) is 0 Å². The first-order valence-corrected chi connectivity index (χ1v) is 13.4. The summed E-state index contributed by atoms with van der Waals surface area (Å²) in [6.45, 7) is 4.37. The zero-order valence-electron chi connectivity index (χ0n) is 22.6. The van der Waals surface area contributed by atoms with Crippen molar-refractivity contribution in [2.45, 2.75) is 96.7 Å². The summed E-state index contributed by atoms with van der Waals surface area (Å²) in [5.41, 5.74) is 3.61. The Hall–Kier alpha value is -2.21. The maximum atomic E-state index is 13.2. The number of methoxy groups -OCH3 is 2. The molecule has 1 aliphatic heterocycles. The minimum atomic E-state index is -4.34. The van der Waals surface area contributed by atoms with E-state index >= 15 is 0 Å². The van der Waals surface area contributed by atoms with E-state index in [4.69, 9.17) is 9.47 Å². The summed E-state index contributed by atoms with van der Waals surface area (Å²) < 4.78 is 52.9. The number of alkyl halides is 3. The van der Waals surface area contributed by atoms with Crippen molar-refractivity contribution < 1.29 is 39.6 Å². The van der Waals surface area contributed by atoms with Crippen LogP contribution in [0.15, 0.2) is 36.4 Å². The van der Waals surface area contributed by atoms with Gasteiger partial charge in [-0.15, -0.1) is 0 Å². The van der Waals surface area contributed by atoms with Crippen LogP contribution in [0.3, 0.4) is 0 Å². The van der Waals surface area contributed by atoms with E-state index in [0.717, 1.165) is 42.6 Å². The average molecular weight is 540 g/mol. The second-order valence-electron chi connectivity index (χ2n) is 9.86. The van der Waals surface area contributed by atoms with E-state index in [0.29, 0.717) is 11.5 Å². The monoisotopic (exact) mass is 539 g/mol. The number of hydrogen-bond acceptors (Lipinski definition) is 2. The van der Waals surface area contributed by atoms with Gasteiger partial charge in [0, 0.05) is 30.5 Å². The SMILES string of the molecule is CCCCCCCCCCCC1=[N+](c2ccc(C(F)(F)F)cc2)C(C)Cc2cc(OC)c(OC)cc21.[Cl-]. The molecule has 0 aromatic heterocycles. The minimum absolute atomic E-state index is 0. The van der Waals surface area contributed by atoms with Crippen LogP contribution in [0.5, 0.6) is 11.5 Å². The van der Waals surface area contributed by atoms with E-state index in [9.17, 15) is 13.2 Å². The lowest BCUT2D eigenvalue weighted by molar-refractivity contribution is -0.483. The Labute approximate surface area is 226 Å². The maximum Gasteiger partial charge on any atom is 0.416 e. The topological polar surface area (TPSA) is 21.5 Å². The number of rotatable bonds is 13. The summed E-state index contributed by atoms with van der Waals surface area (Å²) in [6, 6.07) is 9.75. The van der Waals surface area contributed by atoms with Gasteiger partial charge in [-0.2, -0.15) is 17.7 Å². The van der Waals surface area contributed by atoms with Crippen LogP contribution in [0.1, 0.15) is 94.7 Å². The summed E-state index contributed by atoms with van der Waals surface area (Å²) in [7, 11) is 3.27. The molecule has 2 aromatic rings. The molecular weight excluding hydrogens is 499 g/mol. The van der Waals surface area contributed by atoms with Gasteiger partial charge in [-0.1, -0.05) is 58.3 Å². The molecule has 2 aromatic carbocycles. The molecule has 206 valence electrons. The van der Waals surface area contributed by atoms with Crippen LogP contribution >= 0.6 is 0 Å². The smallest absolute Gasteiger partial charge is 0.416 e. The highest BCUT2D eigenvalue weighted by Gasteiger charge is 2.35. The molecule has 0 saturated carbocycles. The van der Waals surface area contributed by atoms with Gasteiger partial charge in [-0.3, -0.25) is 0 Å². The molecule has 0 amide bonds. The van der Waals surface area contributed by atoms with Crippen molar-refractivity contribution >= 4 is 11.4 Å². The largest absolute Gasteiger partial charge is 1.00 e. The van der Waals surface area contributed by atoms with Gasteiger partial charge in [-0.05, 0) is 43.2 Å². The molecule has 0 saturated heterocycles. The first kappa shape index (κ1) is 31.0. The van der Waals surface area contributed by atoms with Gasteiger partial charge in [0.25, 0.3) is 0 Å². The van der Waals surface area contributed by atoms with Crippen LogP contribution in [-0.2, 0) is 12.6 Å². The van der Waals surface area contributed by atoms with Gasteiger partial charge >= 0.3 is 6.18 Å². The molecule has 0 bridgehead atoms. The normalized spacial score (nSPS) is 15.3. The summed E-state index contributed by atoms with van der Waals surface area (Å²) in [4.78, 5) is 0. The molecule has 0 N–H and O–H groups in total. The van der Waals surface area contributed by atoms with Crippen molar-refractivity contribution in [2.24, 2.45) is 0 Å². The molecule has 1 atom stereocenters. The molecule has 0 radical (unpaired) electrons. The number of unbranched alkanes of at least 4 members (excludes halogenated alkanes) is 8. The first-order valence-electron chi connectivity index (χ1n) is 13.4. The molecule has 7 heteroatoms. The van der Waals surface area contributed by atoms with Crippen molar-refractivity contribution in [1.82, 2.24) is 0 Å². The molecule has 0 fully saturated rings. The van der Waals surface area contributed by atoms with E-state index in [1.807, 2.05) is 12.1 Å². The Balaban J connectivity index is 0.00000481. The summed E-state index contributed by atoms with van der Waals surface area (Å²) in [5.74, 6) is 1.37. The van der Waals surface area contributed by atoms with Crippen molar-refractivity contribution in [3.63, 3.8) is 0 Å². The summed E-state index contributed by atoms with van der Waals surface area (Å²) in [6.07, 6.45) is 8.51. The van der Waals surface area contributed by atoms with E-state index < -0.39 is 11.7 Å². The molecule has 37 heavy (non-hydrogen) atoms. The molecule has 0 aliphatic carbocycles. The maximum absolute atomic E-state index is 13.2. The minimum Gasteiger partial charge on any atom is -1.00 e. The number of nitrogens with zero attached hydrogens (tertiary/aromatic N) is 1. The second-order valence-corrected chi connectivity index (χ2v) is 9.86. The predicted molar refractivity (Wildman–Crippen MR) is 140 cm³/mol. The van der Waals surface area contributed by atoms with Gasteiger partial charge in [0.2, 0.25) is 5.69 Å². The van der Waals surface area contributed by atoms with Crippen molar-refractivity contribution in [3.8, 4) is 11.5 Å². The molecule has 1 heterocycles. The van der Waals surface area contributed by atoms with E-state index in [-0.39, 0.29) is 18.4 Å². The molecule has 0 spiro atoms. The second kappa shape index (κ2) is 14.7. The van der Waals surface area contributed by atoms with Crippen LogP contribution in [0.25, 0.3) is 0 Å². The zero-order valence-corrected chi connectivity index (χ0v) is 23.4. The Morgan fingerprint density at radius 2 is 1.38 bits per heavy atom. The van der Waals surface area contributed by atoms with Gasteiger partial charge in [0.05, 0.1) is 19.8 Å². The van der Waals surface area contributed by atoms with Gasteiger partial charge < -0.3 is 21.9 Å². The zero-order chi connectivity index (χ0) is 26.1. The molecule has 3 rings (SSSR count). The highest BCUT2D eigenvalue weighted by atomic mass is 35.5. The Bertz CT molecular complexity index is 1020. The van der Waals surface area contributed by atoms with E-state index in [2.05, 4.69) is 18.4 Å².